The summed E-state index contributed by atoms with van der Waals surface area (Å²) in [5, 5.41) is 0.550. The van der Waals surface area contributed by atoms with Crippen molar-refractivity contribution in [2.24, 2.45) is 0 Å². The molecule has 2 N–H and O–H groups in total. The lowest BCUT2D eigenvalue weighted by Gasteiger charge is -2.19. The van der Waals surface area contributed by atoms with Gasteiger partial charge in [-0.2, -0.15) is 0 Å². The van der Waals surface area contributed by atoms with Crippen molar-refractivity contribution in [1.29, 1.82) is 0 Å². The van der Waals surface area contributed by atoms with Crippen molar-refractivity contribution >= 4 is 23.3 Å². The number of anilines is 1. The molecule has 0 atom stereocenters. The molecule has 1 aromatic carbocycles. The van der Waals surface area contributed by atoms with Gasteiger partial charge in [-0.25, -0.2) is 0 Å². The quantitative estimate of drug-likeness (QED) is 0.675. The van der Waals surface area contributed by atoms with Crippen LogP contribution in [-0.2, 0) is 16.0 Å². The third-order valence-corrected chi connectivity index (χ3v) is 2.92. The van der Waals surface area contributed by atoms with Crippen molar-refractivity contribution in [3.8, 4) is 0 Å². The minimum Gasteiger partial charge on any atom is -0.460 e. The molecule has 0 aliphatic rings. The second-order valence-corrected chi connectivity index (χ2v) is 5.74. The molecule has 0 radical (unpaired) electrons. The topological polar surface area (TPSA) is 52.3 Å². The van der Waals surface area contributed by atoms with Gasteiger partial charge in [0.15, 0.2) is 0 Å². The molecule has 0 saturated carbocycles. The first-order valence-corrected chi connectivity index (χ1v) is 6.34. The van der Waals surface area contributed by atoms with Crippen LogP contribution in [0.5, 0.6) is 0 Å². The van der Waals surface area contributed by atoms with E-state index < -0.39 is 5.60 Å². The number of halogens is 1. The highest BCUT2D eigenvalue weighted by Crippen LogP contribution is 2.26. The fourth-order valence-electron chi connectivity index (χ4n) is 1.64. The van der Waals surface area contributed by atoms with Crippen LogP contribution in [0.4, 0.5) is 5.69 Å². The van der Waals surface area contributed by atoms with E-state index in [-0.39, 0.29) is 5.97 Å². The molecule has 0 aliphatic carbocycles. The Labute approximate surface area is 113 Å². The molecule has 18 heavy (non-hydrogen) atoms. The zero-order valence-electron chi connectivity index (χ0n) is 11.3. The standard InChI is InChI=1S/C14H20ClNO2/c1-9-10(5-7-11(15)13(9)16)6-8-12(17)18-14(2,3)4/h5,7H,6,8,16H2,1-4H3. The molecule has 0 aliphatic heterocycles. The maximum Gasteiger partial charge on any atom is 0.306 e. The van der Waals surface area contributed by atoms with Crippen LogP contribution in [0.3, 0.4) is 0 Å². The number of carbonyl (C=O) groups is 1. The Balaban J connectivity index is 2.65. The summed E-state index contributed by atoms with van der Waals surface area (Å²) in [6, 6.07) is 3.66. The number of hydrogen-bond donors (Lipinski definition) is 1. The number of rotatable bonds is 3. The number of nitrogen functional groups attached to an aromatic ring is 1. The summed E-state index contributed by atoms with van der Waals surface area (Å²) in [7, 11) is 0. The largest absolute Gasteiger partial charge is 0.460 e. The van der Waals surface area contributed by atoms with Gasteiger partial charge in [0.05, 0.1) is 10.7 Å². The molecule has 100 valence electrons. The number of benzene rings is 1. The van der Waals surface area contributed by atoms with Gasteiger partial charge in [0, 0.05) is 6.42 Å². The summed E-state index contributed by atoms with van der Waals surface area (Å²) in [6.07, 6.45) is 0.960. The average molecular weight is 270 g/mol. The van der Waals surface area contributed by atoms with E-state index in [4.69, 9.17) is 22.1 Å². The SMILES string of the molecule is Cc1c(CCC(=O)OC(C)(C)C)ccc(Cl)c1N. The van der Waals surface area contributed by atoms with Crippen molar-refractivity contribution in [3.05, 3.63) is 28.3 Å². The summed E-state index contributed by atoms with van der Waals surface area (Å²) in [4.78, 5) is 11.6. The lowest BCUT2D eigenvalue weighted by atomic mass is 10.0. The predicted octanol–water partition coefficient (Wildman–Crippen LogP) is 3.50. The van der Waals surface area contributed by atoms with E-state index in [0.29, 0.717) is 23.6 Å². The van der Waals surface area contributed by atoms with Crippen LogP contribution in [0.2, 0.25) is 5.02 Å². The number of esters is 1. The van der Waals surface area contributed by atoms with Crippen LogP contribution in [-0.4, -0.2) is 11.6 Å². The first kappa shape index (κ1) is 14.8. The Morgan fingerprint density at radius 2 is 2.00 bits per heavy atom. The molecule has 4 heteroatoms. The molecule has 0 fully saturated rings. The van der Waals surface area contributed by atoms with E-state index >= 15 is 0 Å². The van der Waals surface area contributed by atoms with Gasteiger partial charge in [0.1, 0.15) is 5.60 Å². The molecular weight excluding hydrogens is 250 g/mol. The molecule has 0 saturated heterocycles. The predicted molar refractivity (Wildman–Crippen MR) is 74.8 cm³/mol. The molecular formula is C14H20ClNO2. The monoisotopic (exact) mass is 269 g/mol. The van der Waals surface area contributed by atoms with Gasteiger partial charge in [0.25, 0.3) is 0 Å². The van der Waals surface area contributed by atoms with Gasteiger partial charge in [-0.3, -0.25) is 4.79 Å². The first-order valence-electron chi connectivity index (χ1n) is 5.96. The molecule has 0 bridgehead atoms. The summed E-state index contributed by atoms with van der Waals surface area (Å²) < 4.78 is 5.26. The van der Waals surface area contributed by atoms with Gasteiger partial charge in [0.2, 0.25) is 0 Å². The first-order chi connectivity index (χ1) is 8.20. The highest BCUT2D eigenvalue weighted by Gasteiger charge is 2.16. The second-order valence-electron chi connectivity index (χ2n) is 5.33. The van der Waals surface area contributed by atoms with E-state index in [2.05, 4.69) is 0 Å². The Morgan fingerprint density at radius 1 is 1.39 bits per heavy atom. The Bertz CT molecular complexity index is 450. The summed E-state index contributed by atoms with van der Waals surface area (Å²) in [6.45, 7) is 7.48. The number of ether oxygens (including phenoxy) is 1. The minimum atomic E-state index is -0.439. The maximum atomic E-state index is 11.6. The van der Waals surface area contributed by atoms with Crippen LogP contribution in [0, 0.1) is 6.92 Å². The molecule has 1 rings (SSSR count). The van der Waals surface area contributed by atoms with Gasteiger partial charge in [-0.15, -0.1) is 0 Å². The fraction of sp³-hybridized carbons (Fsp3) is 0.500. The van der Waals surface area contributed by atoms with Crippen LogP contribution >= 0.6 is 11.6 Å². The van der Waals surface area contributed by atoms with E-state index in [1.165, 1.54) is 0 Å². The van der Waals surface area contributed by atoms with Crippen LogP contribution < -0.4 is 5.73 Å². The number of nitrogens with two attached hydrogens (primary N) is 1. The number of carbonyl (C=O) groups excluding carboxylic acids is 1. The smallest absolute Gasteiger partial charge is 0.306 e. The number of hydrogen-bond acceptors (Lipinski definition) is 3. The summed E-state index contributed by atoms with van der Waals surface area (Å²) in [5.74, 6) is -0.199. The summed E-state index contributed by atoms with van der Waals surface area (Å²) in [5.41, 5.74) is 7.95. The zero-order chi connectivity index (χ0) is 13.9. The van der Waals surface area contributed by atoms with E-state index in [9.17, 15) is 4.79 Å². The second kappa shape index (κ2) is 5.61. The Kier molecular flexibility index (Phi) is 4.63. The van der Waals surface area contributed by atoms with Crippen LogP contribution in [0.15, 0.2) is 12.1 Å². The van der Waals surface area contributed by atoms with Gasteiger partial charge in [-0.05, 0) is 51.3 Å². The van der Waals surface area contributed by atoms with Crippen LogP contribution in [0.25, 0.3) is 0 Å². The lowest BCUT2D eigenvalue weighted by molar-refractivity contribution is -0.154. The average Bonchev–Trinajstić information content (AvgIpc) is 2.22. The molecule has 0 aromatic heterocycles. The van der Waals surface area contributed by atoms with Gasteiger partial charge < -0.3 is 10.5 Å². The van der Waals surface area contributed by atoms with Crippen molar-refractivity contribution in [2.45, 2.75) is 46.1 Å². The molecule has 0 spiro atoms. The molecule has 3 nitrogen and oxygen atoms in total. The number of aryl methyl sites for hydroxylation is 1. The molecule has 0 unspecified atom stereocenters. The Hall–Kier alpha value is -1.22. The highest BCUT2D eigenvalue weighted by atomic mass is 35.5. The van der Waals surface area contributed by atoms with Crippen molar-refractivity contribution in [1.82, 2.24) is 0 Å². The summed E-state index contributed by atoms with van der Waals surface area (Å²) >= 11 is 5.92. The third kappa shape index (κ3) is 4.22. The highest BCUT2D eigenvalue weighted by molar-refractivity contribution is 6.33. The van der Waals surface area contributed by atoms with E-state index in [1.54, 1.807) is 6.07 Å². The van der Waals surface area contributed by atoms with Crippen LogP contribution in [0.1, 0.15) is 38.3 Å². The van der Waals surface area contributed by atoms with E-state index in [1.807, 2.05) is 33.8 Å². The molecule has 1 aromatic rings. The normalized spacial score (nSPS) is 11.4. The molecule has 0 amide bonds. The van der Waals surface area contributed by atoms with E-state index in [0.717, 1.165) is 11.1 Å². The molecule has 0 heterocycles. The fourth-order valence-corrected chi connectivity index (χ4v) is 1.85. The van der Waals surface area contributed by atoms with Crippen molar-refractivity contribution in [3.63, 3.8) is 0 Å². The van der Waals surface area contributed by atoms with Gasteiger partial charge >= 0.3 is 5.97 Å². The zero-order valence-corrected chi connectivity index (χ0v) is 12.1. The lowest BCUT2D eigenvalue weighted by Crippen LogP contribution is -2.24. The van der Waals surface area contributed by atoms with Crippen molar-refractivity contribution in [2.75, 3.05) is 5.73 Å². The van der Waals surface area contributed by atoms with Crippen molar-refractivity contribution < 1.29 is 9.53 Å². The minimum absolute atomic E-state index is 0.199. The maximum absolute atomic E-state index is 11.6. The van der Waals surface area contributed by atoms with Gasteiger partial charge in [-0.1, -0.05) is 17.7 Å². The Morgan fingerprint density at radius 3 is 2.56 bits per heavy atom. The third-order valence-electron chi connectivity index (χ3n) is 2.59.